The Kier molecular flexibility index (Phi) is 23.0. The molecule has 51 heavy (non-hydrogen) atoms. The van der Waals surface area contributed by atoms with E-state index in [9.17, 15) is 48.9 Å². The molecule has 0 aromatic rings. The number of amides is 8. The first-order valence-electron chi connectivity index (χ1n) is 14.7. The summed E-state index contributed by atoms with van der Waals surface area (Å²) in [7, 11) is 0. The lowest BCUT2D eigenvalue weighted by Gasteiger charge is -2.31. The number of nitrogens with one attached hydrogen (secondary N) is 8. The molecule has 2 heterocycles. The maximum absolute atomic E-state index is 13.6. The molecule has 1 fully saturated rings. The second-order valence-corrected chi connectivity index (χ2v) is 10.7. The smallest absolute Gasteiger partial charge is 0.316 e. The van der Waals surface area contributed by atoms with Gasteiger partial charge in [0.15, 0.2) is 5.96 Å². The van der Waals surface area contributed by atoms with Crippen LogP contribution in [-0.2, 0) is 28.8 Å². The maximum Gasteiger partial charge on any atom is 0.316 e. The number of carbonyl (C=O) groups is 7. The van der Waals surface area contributed by atoms with E-state index >= 15 is 0 Å². The Morgan fingerprint density at radius 1 is 0.941 bits per heavy atom. The van der Waals surface area contributed by atoms with E-state index in [1.165, 1.54) is 0 Å². The number of aliphatic hydroxyl groups is 3. The third-order valence-electron chi connectivity index (χ3n) is 6.89. The third kappa shape index (κ3) is 16.1. The van der Waals surface area contributed by atoms with Crippen molar-refractivity contribution in [3.63, 3.8) is 0 Å². The molecule has 0 radical (unpaired) electrons. The second kappa shape index (κ2) is 24.0. The molecular weight excluding hydrogens is 749 g/mol. The Bertz CT molecular complexity index is 1300. The van der Waals surface area contributed by atoms with Gasteiger partial charge in [-0.1, -0.05) is 0 Å². The first-order chi connectivity index (χ1) is 22.7. The largest absolute Gasteiger partial charge is 0.394 e. The van der Waals surface area contributed by atoms with E-state index < -0.39 is 109 Å². The SMILES string of the molecule is Cl.Cl.Cl.NCCC[C@H](N)CC(=O)N[C@H]1CNC(=O)[C@H]([C@H]2C[C@H](O)NC(N)=N2)NC(=O)/C(=C/NC(N)=O)NC(=O)[C@H](CO)NC(=O)[C@H](CO)NC1=O. The van der Waals surface area contributed by atoms with Crippen molar-refractivity contribution in [1.82, 2.24) is 42.5 Å². The summed E-state index contributed by atoms with van der Waals surface area (Å²) >= 11 is 0. The van der Waals surface area contributed by atoms with Crippen molar-refractivity contribution in [2.75, 3.05) is 26.3 Å². The minimum absolute atomic E-state index is 0. The fraction of sp³-hybridized carbons (Fsp3) is 0.600. The lowest BCUT2D eigenvalue weighted by molar-refractivity contribution is -0.135. The van der Waals surface area contributed by atoms with Crippen LogP contribution in [0.3, 0.4) is 0 Å². The standard InChI is InChI=1S/C25H43N13O10.3ClH/c26-3-1-2-10(27)4-16(41)32-12-6-30-23(47)18(11-5-17(42)37-24(28)36-11)38-20(44)13(7-31-25(29)48)33-21(45)14(8-39)35-22(46)15(9-40)34-19(12)43;;;/h7,10-12,14-15,17-18,39-40,42H,1-6,8-9,26-27H2,(H,30,47)(H,32,41)(H,33,45)(H,34,43)(H,35,46)(H,38,44)(H3,28,36,37)(H3,29,31,48);3*1H/b13-7-;;;/t10-,11+,12-,14-,15-,17-,18-;;;/m0.../s1. The van der Waals surface area contributed by atoms with Crippen LogP contribution in [0, 0.1) is 0 Å². The van der Waals surface area contributed by atoms with E-state index in [1.54, 1.807) is 0 Å². The van der Waals surface area contributed by atoms with Gasteiger partial charge in [0.1, 0.15) is 36.1 Å². The highest BCUT2D eigenvalue weighted by Crippen LogP contribution is 2.12. The number of carbonyl (C=O) groups excluding carboxylic acids is 7. The maximum atomic E-state index is 13.6. The number of hydrogen-bond donors (Lipinski definition) is 15. The van der Waals surface area contributed by atoms with E-state index in [0.29, 0.717) is 25.6 Å². The Hall–Kier alpha value is -4.23. The van der Waals surface area contributed by atoms with E-state index in [2.05, 4.69) is 42.2 Å². The van der Waals surface area contributed by atoms with Gasteiger partial charge in [0.2, 0.25) is 29.5 Å². The summed E-state index contributed by atoms with van der Waals surface area (Å²) in [6, 6.07) is -9.80. The van der Waals surface area contributed by atoms with E-state index in [0.717, 1.165) is 0 Å². The minimum Gasteiger partial charge on any atom is -0.394 e. The summed E-state index contributed by atoms with van der Waals surface area (Å²) < 4.78 is 0. The van der Waals surface area contributed by atoms with Crippen LogP contribution in [-0.4, -0.2) is 132 Å². The zero-order valence-corrected chi connectivity index (χ0v) is 29.4. The molecule has 0 bridgehead atoms. The highest BCUT2D eigenvalue weighted by atomic mass is 35.5. The monoisotopic (exact) mass is 793 g/mol. The zero-order valence-electron chi connectivity index (χ0n) is 27.0. The molecule has 23 nitrogen and oxygen atoms in total. The van der Waals surface area contributed by atoms with Gasteiger partial charge in [0, 0.05) is 31.6 Å². The summed E-state index contributed by atoms with van der Waals surface area (Å²) in [4.78, 5) is 94.3. The molecule has 0 aliphatic carbocycles. The van der Waals surface area contributed by atoms with Crippen molar-refractivity contribution in [2.45, 2.75) is 68.2 Å². The molecule has 2 aliphatic rings. The lowest BCUT2D eigenvalue weighted by Crippen LogP contribution is -2.63. The molecule has 1 saturated heterocycles. The van der Waals surface area contributed by atoms with Crippen LogP contribution in [0.1, 0.15) is 25.7 Å². The van der Waals surface area contributed by atoms with E-state index in [-0.39, 0.29) is 56.0 Å². The highest BCUT2D eigenvalue weighted by molar-refractivity contribution is 6.02. The van der Waals surface area contributed by atoms with Crippen molar-refractivity contribution in [2.24, 2.45) is 27.9 Å². The molecule has 292 valence electrons. The van der Waals surface area contributed by atoms with Crippen molar-refractivity contribution < 1.29 is 48.9 Å². The number of urea groups is 1. The highest BCUT2D eigenvalue weighted by Gasteiger charge is 2.37. The van der Waals surface area contributed by atoms with Crippen LogP contribution >= 0.6 is 37.2 Å². The number of aliphatic hydroxyl groups excluding tert-OH is 3. The van der Waals surface area contributed by atoms with Crippen LogP contribution in [0.4, 0.5) is 4.79 Å². The molecule has 26 heteroatoms. The number of rotatable bonds is 10. The summed E-state index contributed by atoms with van der Waals surface area (Å²) in [6.45, 7) is -2.37. The molecule has 8 amide bonds. The average molecular weight is 795 g/mol. The Balaban J connectivity index is 0. The van der Waals surface area contributed by atoms with Gasteiger partial charge in [-0.3, -0.25) is 28.8 Å². The normalized spacial score (nSPS) is 25.9. The van der Waals surface area contributed by atoms with Crippen LogP contribution in [0.2, 0.25) is 0 Å². The summed E-state index contributed by atoms with van der Waals surface area (Å²) in [5.41, 5.74) is 21.5. The molecule has 2 aliphatic heterocycles. The Morgan fingerprint density at radius 2 is 1.55 bits per heavy atom. The van der Waals surface area contributed by atoms with Gasteiger partial charge in [0.05, 0.1) is 19.3 Å². The van der Waals surface area contributed by atoms with Crippen molar-refractivity contribution in [3.8, 4) is 0 Å². The molecule has 0 aromatic heterocycles. The minimum atomic E-state index is -1.78. The van der Waals surface area contributed by atoms with Crippen LogP contribution in [0.25, 0.3) is 0 Å². The number of guanidine groups is 1. The Morgan fingerprint density at radius 3 is 2.12 bits per heavy atom. The average Bonchev–Trinajstić information content (AvgIpc) is 3.02. The van der Waals surface area contributed by atoms with Crippen LogP contribution in [0.15, 0.2) is 16.9 Å². The van der Waals surface area contributed by atoms with Crippen molar-refractivity contribution in [3.05, 3.63) is 11.9 Å². The third-order valence-corrected chi connectivity index (χ3v) is 6.89. The lowest BCUT2D eigenvalue weighted by atomic mass is 10.0. The molecular formula is C25H46Cl3N13O10. The fourth-order valence-electron chi connectivity index (χ4n) is 4.44. The van der Waals surface area contributed by atoms with Crippen LogP contribution < -0.4 is 65.5 Å². The van der Waals surface area contributed by atoms with Crippen molar-refractivity contribution in [1.29, 1.82) is 0 Å². The second-order valence-electron chi connectivity index (χ2n) is 10.7. The predicted molar refractivity (Wildman–Crippen MR) is 186 cm³/mol. The quantitative estimate of drug-likeness (QED) is 0.0914. The first kappa shape index (κ1) is 48.9. The Labute approximate surface area is 309 Å². The predicted octanol–water partition coefficient (Wildman–Crippen LogP) is -7.62. The van der Waals surface area contributed by atoms with Gasteiger partial charge in [-0.2, -0.15) is 0 Å². The summed E-state index contributed by atoms with van der Waals surface area (Å²) in [5.74, 6) is -6.69. The summed E-state index contributed by atoms with van der Waals surface area (Å²) in [6.07, 6.45) is -0.253. The molecule has 19 N–H and O–H groups in total. The van der Waals surface area contributed by atoms with Gasteiger partial charge in [0.25, 0.3) is 5.91 Å². The van der Waals surface area contributed by atoms with E-state index in [4.69, 9.17) is 22.9 Å². The zero-order chi connectivity index (χ0) is 36.0. The van der Waals surface area contributed by atoms with Gasteiger partial charge in [-0.25, -0.2) is 9.79 Å². The number of halogens is 3. The molecule has 0 unspecified atom stereocenters. The molecule has 0 spiro atoms. The number of primary amides is 1. The number of aliphatic imine (C=N–C) groups is 1. The summed E-state index contributed by atoms with van der Waals surface area (Å²) in [5, 5.41) is 47.7. The van der Waals surface area contributed by atoms with Gasteiger partial charge < -0.3 is 80.8 Å². The molecule has 0 aromatic carbocycles. The van der Waals surface area contributed by atoms with Gasteiger partial charge >= 0.3 is 6.03 Å². The topological polar surface area (TPSA) is 393 Å². The first-order valence-corrected chi connectivity index (χ1v) is 14.7. The number of hydrogen-bond acceptors (Lipinski definition) is 15. The molecule has 7 atom stereocenters. The number of nitrogens with two attached hydrogens (primary N) is 4. The van der Waals surface area contributed by atoms with Gasteiger partial charge in [-0.15, -0.1) is 37.2 Å². The number of nitrogens with zero attached hydrogens (tertiary/aromatic N) is 1. The van der Waals surface area contributed by atoms with Gasteiger partial charge in [-0.05, 0) is 19.4 Å². The van der Waals surface area contributed by atoms with E-state index in [1.807, 2.05) is 5.32 Å². The van der Waals surface area contributed by atoms with Crippen molar-refractivity contribution >= 4 is 84.7 Å². The van der Waals surface area contributed by atoms with Crippen LogP contribution in [0.5, 0.6) is 0 Å². The fourth-order valence-corrected chi connectivity index (χ4v) is 4.44. The molecule has 2 rings (SSSR count). The molecule has 0 saturated carbocycles.